The zero-order chi connectivity index (χ0) is 14.5. The molecule has 0 aliphatic carbocycles. The Morgan fingerprint density at radius 1 is 1.38 bits per heavy atom. The third-order valence-electron chi connectivity index (χ3n) is 3.83. The maximum atomic E-state index is 5.61. The van der Waals surface area contributed by atoms with Gasteiger partial charge in [0.25, 0.3) is 0 Å². The zero-order valence-corrected chi connectivity index (χ0v) is 12.3. The van der Waals surface area contributed by atoms with Gasteiger partial charge in [-0.05, 0) is 43.5 Å². The number of ether oxygens (including phenoxy) is 1. The van der Waals surface area contributed by atoms with E-state index < -0.39 is 0 Å². The summed E-state index contributed by atoms with van der Waals surface area (Å²) in [5, 5.41) is 7.91. The summed E-state index contributed by atoms with van der Waals surface area (Å²) in [5.41, 5.74) is 2.36. The summed E-state index contributed by atoms with van der Waals surface area (Å²) in [6, 6.07) is 10.6. The minimum Gasteiger partial charge on any atom is -0.497 e. The van der Waals surface area contributed by atoms with Crippen LogP contribution in [0.5, 0.6) is 0 Å². The lowest BCUT2D eigenvalue weighted by molar-refractivity contribution is 0.120. The van der Waals surface area contributed by atoms with Gasteiger partial charge in [-0.15, -0.1) is 0 Å². The summed E-state index contributed by atoms with van der Waals surface area (Å²) >= 11 is 0. The van der Waals surface area contributed by atoms with Crippen LogP contribution in [0.15, 0.2) is 55.1 Å². The molecule has 110 valence electrons. The van der Waals surface area contributed by atoms with E-state index in [9.17, 15) is 0 Å². The van der Waals surface area contributed by atoms with Gasteiger partial charge >= 0.3 is 0 Å². The van der Waals surface area contributed by atoms with Crippen LogP contribution in [0.2, 0.25) is 0 Å². The van der Waals surface area contributed by atoms with Crippen molar-refractivity contribution in [3.05, 3.63) is 60.6 Å². The van der Waals surface area contributed by atoms with E-state index in [1.54, 1.807) is 6.20 Å². The number of rotatable bonds is 5. The topological polar surface area (TPSA) is 39.1 Å². The largest absolute Gasteiger partial charge is 0.497 e. The van der Waals surface area contributed by atoms with Gasteiger partial charge in [-0.1, -0.05) is 18.2 Å². The first-order chi connectivity index (χ1) is 10.3. The summed E-state index contributed by atoms with van der Waals surface area (Å²) in [5.74, 6) is 0. The van der Waals surface area contributed by atoms with Crippen LogP contribution in [0.4, 0.5) is 0 Å². The van der Waals surface area contributed by atoms with Crippen LogP contribution >= 0.6 is 0 Å². The summed E-state index contributed by atoms with van der Waals surface area (Å²) in [7, 11) is 0. The smallest absolute Gasteiger partial charge is 0.110 e. The third-order valence-corrected chi connectivity index (χ3v) is 3.83. The molecule has 0 unspecified atom stereocenters. The second-order valence-electron chi connectivity index (χ2n) is 5.35. The molecule has 4 nitrogen and oxygen atoms in total. The SMILES string of the molecule is C[C@H](NC[C@H]1CCC=CO1)c1ccccc1-n1cccn1. The van der Waals surface area contributed by atoms with Crippen LogP contribution in [0.25, 0.3) is 5.69 Å². The molecule has 0 saturated heterocycles. The zero-order valence-electron chi connectivity index (χ0n) is 12.3. The highest BCUT2D eigenvalue weighted by Gasteiger charge is 2.15. The molecule has 1 aromatic heterocycles. The van der Waals surface area contributed by atoms with E-state index in [2.05, 4.69) is 41.6 Å². The van der Waals surface area contributed by atoms with E-state index in [1.807, 2.05) is 29.3 Å². The van der Waals surface area contributed by atoms with Gasteiger partial charge < -0.3 is 10.1 Å². The molecule has 4 heteroatoms. The fourth-order valence-electron chi connectivity index (χ4n) is 2.63. The molecule has 1 N–H and O–H groups in total. The Bertz CT molecular complexity index is 592. The second-order valence-corrected chi connectivity index (χ2v) is 5.35. The molecule has 0 bridgehead atoms. The quantitative estimate of drug-likeness (QED) is 0.915. The Hall–Kier alpha value is -2.07. The average molecular weight is 283 g/mol. The van der Waals surface area contributed by atoms with E-state index >= 15 is 0 Å². The molecule has 3 rings (SSSR count). The van der Waals surface area contributed by atoms with Crippen molar-refractivity contribution in [2.45, 2.75) is 31.9 Å². The van der Waals surface area contributed by atoms with Crippen molar-refractivity contribution in [3.8, 4) is 5.69 Å². The van der Waals surface area contributed by atoms with E-state index in [0.29, 0.717) is 0 Å². The standard InChI is InChI=1S/C17H21N3O/c1-14(18-13-15-7-4-5-12-21-15)16-8-2-3-9-17(16)20-11-6-10-19-20/h2-3,5-6,8-12,14-15,18H,4,7,13H2,1H3/t14-,15+/m0/s1. The summed E-state index contributed by atoms with van der Waals surface area (Å²) in [6.07, 6.45) is 10.1. The number of para-hydroxylation sites is 1. The van der Waals surface area contributed by atoms with Gasteiger partial charge in [0.1, 0.15) is 6.10 Å². The lowest BCUT2D eigenvalue weighted by atomic mass is 10.1. The van der Waals surface area contributed by atoms with Crippen molar-refractivity contribution in [1.82, 2.24) is 15.1 Å². The van der Waals surface area contributed by atoms with Crippen LogP contribution in [-0.2, 0) is 4.74 Å². The fraction of sp³-hybridized carbons (Fsp3) is 0.353. The minimum absolute atomic E-state index is 0.250. The average Bonchev–Trinajstić information content (AvgIpc) is 3.08. The third kappa shape index (κ3) is 3.34. The molecular formula is C17H21N3O. The Balaban J connectivity index is 1.69. The molecule has 0 spiro atoms. The predicted octanol–water partition coefficient (Wildman–Crippen LogP) is 3.22. The molecule has 1 aliphatic rings. The van der Waals surface area contributed by atoms with Gasteiger partial charge in [0.2, 0.25) is 0 Å². The Labute approximate surface area is 125 Å². The van der Waals surface area contributed by atoms with Crippen LogP contribution in [-0.4, -0.2) is 22.4 Å². The first-order valence-electron chi connectivity index (χ1n) is 7.47. The van der Waals surface area contributed by atoms with Crippen LogP contribution in [0.3, 0.4) is 0 Å². The Morgan fingerprint density at radius 3 is 3.05 bits per heavy atom. The van der Waals surface area contributed by atoms with E-state index in [-0.39, 0.29) is 12.1 Å². The Kier molecular flexibility index (Phi) is 4.36. The van der Waals surface area contributed by atoms with E-state index in [4.69, 9.17) is 4.74 Å². The molecule has 0 saturated carbocycles. The lowest BCUT2D eigenvalue weighted by Crippen LogP contribution is -2.31. The van der Waals surface area contributed by atoms with Crippen molar-refractivity contribution in [3.63, 3.8) is 0 Å². The Morgan fingerprint density at radius 2 is 2.29 bits per heavy atom. The number of nitrogens with one attached hydrogen (secondary N) is 1. The maximum absolute atomic E-state index is 5.61. The van der Waals surface area contributed by atoms with Gasteiger partial charge in [-0.3, -0.25) is 0 Å². The molecular weight excluding hydrogens is 262 g/mol. The second kappa shape index (κ2) is 6.59. The summed E-state index contributed by atoms with van der Waals surface area (Å²) in [6.45, 7) is 3.04. The fourth-order valence-corrected chi connectivity index (χ4v) is 2.63. The van der Waals surface area contributed by atoms with Gasteiger partial charge in [0.05, 0.1) is 11.9 Å². The van der Waals surface area contributed by atoms with Crippen molar-refractivity contribution in [2.75, 3.05) is 6.54 Å². The van der Waals surface area contributed by atoms with Crippen LogP contribution in [0.1, 0.15) is 31.4 Å². The van der Waals surface area contributed by atoms with Crippen molar-refractivity contribution < 1.29 is 4.74 Å². The highest BCUT2D eigenvalue weighted by atomic mass is 16.5. The first-order valence-corrected chi connectivity index (χ1v) is 7.47. The van der Waals surface area contributed by atoms with Crippen molar-refractivity contribution in [2.24, 2.45) is 0 Å². The molecule has 0 fully saturated rings. The normalized spacial score (nSPS) is 19.2. The van der Waals surface area contributed by atoms with E-state index in [1.165, 1.54) is 5.56 Å². The molecule has 2 aromatic rings. The molecule has 1 aromatic carbocycles. The molecule has 1 aliphatic heterocycles. The maximum Gasteiger partial charge on any atom is 0.110 e. The minimum atomic E-state index is 0.250. The lowest BCUT2D eigenvalue weighted by Gasteiger charge is -2.23. The number of aromatic nitrogens is 2. The molecule has 2 atom stereocenters. The summed E-state index contributed by atoms with van der Waals surface area (Å²) < 4.78 is 7.52. The van der Waals surface area contributed by atoms with E-state index in [0.717, 1.165) is 25.1 Å². The van der Waals surface area contributed by atoms with Gasteiger partial charge in [-0.25, -0.2) is 4.68 Å². The molecule has 21 heavy (non-hydrogen) atoms. The number of allylic oxidation sites excluding steroid dienone is 1. The van der Waals surface area contributed by atoms with Gasteiger partial charge in [-0.2, -0.15) is 5.10 Å². The highest BCUT2D eigenvalue weighted by molar-refractivity contribution is 5.42. The van der Waals surface area contributed by atoms with Gasteiger partial charge in [0.15, 0.2) is 0 Å². The number of nitrogens with zero attached hydrogens (tertiary/aromatic N) is 2. The number of hydrogen-bond donors (Lipinski definition) is 1. The molecule has 0 radical (unpaired) electrons. The number of hydrogen-bond acceptors (Lipinski definition) is 3. The van der Waals surface area contributed by atoms with Crippen LogP contribution in [0, 0.1) is 0 Å². The summed E-state index contributed by atoms with van der Waals surface area (Å²) in [4.78, 5) is 0. The van der Waals surface area contributed by atoms with Crippen molar-refractivity contribution in [1.29, 1.82) is 0 Å². The molecule has 0 amide bonds. The van der Waals surface area contributed by atoms with Crippen molar-refractivity contribution >= 4 is 0 Å². The predicted molar refractivity (Wildman–Crippen MR) is 83.2 cm³/mol. The monoisotopic (exact) mass is 283 g/mol. The first kappa shape index (κ1) is 13.9. The van der Waals surface area contributed by atoms with Crippen LogP contribution < -0.4 is 5.32 Å². The highest BCUT2D eigenvalue weighted by Crippen LogP contribution is 2.21. The number of benzene rings is 1. The van der Waals surface area contributed by atoms with Gasteiger partial charge in [0, 0.05) is 25.0 Å². The molecule has 2 heterocycles.